The van der Waals surface area contributed by atoms with E-state index < -0.39 is 0 Å². The van der Waals surface area contributed by atoms with Gasteiger partial charge in [0.25, 0.3) is 5.95 Å². The fraction of sp³-hybridized carbons (Fsp3) is 0. The highest BCUT2D eigenvalue weighted by Gasteiger charge is 1.95. The molecule has 1 heterocycles. The van der Waals surface area contributed by atoms with Crippen LogP contribution in [0.4, 0.5) is 5.95 Å². The molecule has 0 radical (unpaired) electrons. The van der Waals surface area contributed by atoms with Gasteiger partial charge in [-0.1, -0.05) is 34.9 Å². The zero-order chi connectivity index (χ0) is 9.80. The van der Waals surface area contributed by atoms with E-state index in [1.165, 1.54) is 0 Å². The molecule has 0 fully saturated rings. The Morgan fingerprint density at radius 1 is 1.36 bits per heavy atom. The fourth-order valence-electron chi connectivity index (χ4n) is 0.918. The van der Waals surface area contributed by atoms with Crippen molar-refractivity contribution >= 4 is 23.8 Å². The molecule has 0 bridgehead atoms. The van der Waals surface area contributed by atoms with Crippen LogP contribution in [0.25, 0.3) is 0 Å². The number of hydrogen-bond donors (Lipinski definition) is 1. The van der Waals surface area contributed by atoms with Gasteiger partial charge in [0.2, 0.25) is 0 Å². The molecule has 2 rings (SSSR count). The number of hydrogen-bond acceptors (Lipinski definition) is 4. The van der Waals surface area contributed by atoms with Gasteiger partial charge in [0.1, 0.15) is 0 Å². The first kappa shape index (κ1) is 8.83. The third-order valence-corrected chi connectivity index (χ3v) is 1.90. The number of halogens is 1. The molecule has 2 aromatic rings. The number of rotatable bonds is 2. The summed E-state index contributed by atoms with van der Waals surface area (Å²) in [6, 6.07) is 7.38. The summed E-state index contributed by atoms with van der Waals surface area (Å²) >= 11 is 5.91. The Morgan fingerprint density at radius 3 is 2.93 bits per heavy atom. The van der Waals surface area contributed by atoms with E-state index in [4.69, 9.17) is 11.6 Å². The van der Waals surface area contributed by atoms with Crippen molar-refractivity contribution in [2.24, 2.45) is 4.99 Å². The van der Waals surface area contributed by atoms with E-state index in [1.54, 1.807) is 12.3 Å². The van der Waals surface area contributed by atoms with Gasteiger partial charge < -0.3 is 0 Å². The van der Waals surface area contributed by atoms with Crippen LogP contribution in [-0.4, -0.2) is 26.8 Å². The van der Waals surface area contributed by atoms with Crippen molar-refractivity contribution in [3.05, 3.63) is 34.9 Å². The highest BCUT2D eigenvalue weighted by molar-refractivity contribution is 6.33. The maximum absolute atomic E-state index is 5.91. The van der Waals surface area contributed by atoms with Crippen molar-refractivity contribution in [2.45, 2.75) is 0 Å². The molecule has 0 saturated heterocycles. The topological polar surface area (TPSA) is 66.8 Å². The van der Waals surface area contributed by atoms with Gasteiger partial charge in [-0.25, -0.2) is 4.99 Å². The van der Waals surface area contributed by atoms with Gasteiger partial charge in [-0.3, -0.25) is 0 Å². The number of tetrazole rings is 1. The normalized spacial score (nSPS) is 10.9. The summed E-state index contributed by atoms with van der Waals surface area (Å²) in [7, 11) is 0. The molecule has 0 aliphatic heterocycles. The smallest absolute Gasteiger partial charge is 0.216 e. The summed E-state index contributed by atoms with van der Waals surface area (Å²) in [5, 5.41) is 13.7. The predicted octanol–water partition coefficient (Wildman–Crippen LogP) is 1.60. The molecule has 6 heteroatoms. The first-order chi connectivity index (χ1) is 6.86. The maximum atomic E-state index is 5.91. The lowest BCUT2D eigenvalue weighted by atomic mass is 10.2. The van der Waals surface area contributed by atoms with Crippen LogP contribution in [0, 0.1) is 0 Å². The number of aromatic amines is 1. The van der Waals surface area contributed by atoms with Gasteiger partial charge in [-0.05, 0) is 11.3 Å². The van der Waals surface area contributed by atoms with Gasteiger partial charge in [0.15, 0.2) is 0 Å². The summed E-state index contributed by atoms with van der Waals surface area (Å²) in [5.41, 5.74) is 0.818. The highest BCUT2D eigenvalue weighted by Crippen LogP contribution is 2.13. The monoisotopic (exact) mass is 207 g/mol. The van der Waals surface area contributed by atoms with E-state index in [0.717, 1.165) is 5.56 Å². The quantitative estimate of drug-likeness (QED) is 0.761. The molecule has 0 amide bonds. The number of benzene rings is 1. The number of nitrogens with zero attached hydrogens (tertiary/aromatic N) is 4. The number of nitrogens with one attached hydrogen (secondary N) is 1. The molecule has 0 aliphatic carbocycles. The largest absolute Gasteiger partial charge is 0.288 e. The Morgan fingerprint density at radius 2 is 2.21 bits per heavy atom. The Hall–Kier alpha value is -1.75. The maximum Gasteiger partial charge on any atom is 0.288 e. The van der Waals surface area contributed by atoms with E-state index in [2.05, 4.69) is 25.6 Å². The molecular formula is C8H6ClN5. The second-order valence-electron chi connectivity index (χ2n) is 2.49. The van der Waals surface area contributed by atoms with Gasteiger partial charge in [0.05, 0.1) is 0 Å². The Kier molecular flexibility index (Phi) is 2.51. The van der Waals surface area contributed by atoms with Crippen molar-refractivity contribution in [2.75, 3.05) is 0 Å². The standard InChI is InChI=1S/C8H6ClN5/c9-7-4-2-1-3-6(7)5-10-8-11-13-14-12-8/h1-5H,(H,11,12,13,14). The first-order valence-corrected chi connectivity index (χ1v) is 4.26. The molecule has 1 aromatic carbocycles. The van der Waals surface area contributed by atoms with Crippen LogP contribution in [0.5, 0.6) is 0 Å². The summed E-state index contributed by atoms with van der Waals surface area (Å²) in [6.07, 6.45) is 1.59. The fourth-order valence-corrected chi connectivity index (χ4v) is 1.10. The Labute approximate surface area is 84.8 Å². The molecular weight excluding hydrogens is 202 g/mol. The van der Waals surface area contributed by atoms with Gasteiger partial charge in [-0.15, -0.1) is 5.10 Å². The van der Waals surface area contributed by atoms with E-state index >= 15 is 0 Å². The second kappa shape index (κ2) is 3.97. The minimum atomic E-state index is 0.282. The molecule has 0 unspecified atom stereocenters. The summed E-state index contributed by atoms with van der Waals surface area (Å²) in [4.78, 5) is 3.97. The van der Waals surface area contributed by atoms with Crippen molar-refractivity contribution < 1.29 is 0 Å². The summed E-state index contributed by atoms with van der Waals surface area (Å²) in [5.74, 6) is 0.282. The number of aliphatic imine (C=N–C) groups is 1. The first-order valence-electron chi connectivity index (χ1n) is 3.88. The molecule has 0 atom stereocenters. The highest BCUT2D eigenvalue weighted by atomic mass is 35.5. The molecule has 14 heavy (non-hydrogen) atoms. The van der Waals surface area contributed by atoms with E-state index in [0.29, 0.717) is 5.02 Å². The summed E-state index contributed by atoms with van der Waals surface area (Å²) in [6.45, 7) is 0. The number of aromatic nitrogens is 4. The van der Waals surface area contributed by atoms with Crippen LogP contribution in [0.2, 0.25) is 5.02 Å². The molecule has 1 aromatic heterocycles. The lowest BCUT2D eigenvalue weighted by Gasteiger charge is -1.93. The minimum Gasteiger partial charge on any atom is -0.216 e. The van der Waals surface area contributed by atoms with Crippen LogP contribution < -0.4 is 0 Å². The van der Waals surface area contributed by atoms with Crippen molar-refractivity contribution in [3.8, 4) is 0 Å². The average molecular weight is 208 g/mol. The van der Waals surface area contributed by atoms with Crippen LogP contribution in [0.3, 0.4) is 0 Å². The van der Waals surface area contributed by atoms with Gasteiger partial charge in [0, 0.05) is 16.8 Å². The molecule has 0 spiro atoms. The van der Waals surface area contributed by atoms with Crippen molar-refractivity contribution in [1.82, 2.24) is 20.6 Å². The molecule has 5 nitrogen and oxygen atoms in total. The lowest BCUT2D eigenvalue weighted by Crippen LogP contribution is -1.81. The Balaban J connectivity index is 2.23. The minimum absolute atomic E-state index is 0.282. The van der Waals surface area contributed by atoms with Crippen molar-refractivity contribution in [3.63, 3.8) is 0 Å². The molecule has 0 saturated carbocycles. The van der Waals surface area contributed by atoms with Crippen LogP contribution in [0.1, 0.15) is 5.56 Å². The third kappa shape index (κ3) is 1.94. The molecule has 0 aliphatic rings. The predicted molar refractivity (Wildman–Crippen MR) is 52.9 cm³/mol. The average Bonchev–Trinajstić information content (AvgIpc) is 2.69. The zero-order valence-corrected chi connectivity index (χ0v) is 7.81. The Bertz CT molecular complexity index is 437. The van der Waals surface area contributed by atoms with Gasteiger partial charge in [-0.2, -0.15) is 5.21 Å². The SMILES string of the molecule is Clc1ccccc1C=Nc1nn[nH]n1. The van der Waals surface area contributed by atoms with Crippen molar-refractivity contribution in [1.29, 1.82) is 0 Å². The van der Waals surface area contributed by atoms with Crippen LogP contribution >= 0.6 is 11.6 Å². The third-order valence-electron chi connectivity index (χ3n) is 1.56. The second-order valence-corrected chi connectivity index (χ2v) is 2.90. The van der Waals surface area contributed by atoms with E-state index in [-0.39, 0.29) is 5.95 Å². The number of H-pyrrole nitrogens is 1. The summed E-state index contributed by atoms with van der Waals surface area (Å²) < 4.78 is 0. The van der Waals surface area contributed by atoms with E-state index in [1.807, 2.05) is 18.2 Å². The lowest BCUT2D eigenvalue weighted by molar-refractivity contribution is 0.881. The van der Waals surface area contributed by atoms with E-state index in [9.17, 15) is 0 Å². The van der Waals surface area contributed by atoms with Gasteiger partial charge >= 0.3 is 0 Å². The molecule has 1 N–H and O–H groups in total. The van der Waals surface area contributed by atoms with Crippen LogP contribution in [0.15, 0.2) is 29.3 Å². The molecule has 70 valence electrons. The van der Waals surface area contributed by atoms with Crippen LogP contribution in [-0.2, 0) is 0 Å². The zero-order valence-electron chi connectivity index (χ0n) is 7.05.